The van der Waals surface area contributed by atoms with Crippen LogP contribution in [0.2, 0.25) is 0 Å². The Hall–Kier alpha value is -2.76. The zero-order chi connectivity index (χ0) is 15.6. The minimum Gasteiger partial charge on any atom is -0.467 e. The molecule has 3 N–H and O–H groups in total. The van der Waals surface area contributed by atoms with Gasteiger partial charge in [0.25, 0.3) is 5.91 Å². The van der Waals surface area contributed by atoms with Crippen molar-refractivity contribution in [2.24, 2.45) is 4.99 Å². The SMILES string of the molecule is CN=C(NCCNC(=O)c1ccccc1)NCc1ccco1. The van der Waals surface area contributed by atoms with Crippen molar-refractivity contribution in [2.75, 3.05) is 20.1 Å². The van der Waals surface area contributed by atoms with Crippen molar-refractivity contribution >= 4 is 11.9 Å². The molecule has 0 aliphatic carbocycles. The molecule has 1 aromatic heterocycles. The van der Waals surface area contributed by atoms with Crippen molar-refractivity contribution in [3.63, 3.8) is 0 Å². The second-order valence-electron chi connectivity index (χ2n) is 4.55. The lowest BCUT2D eigenvalue weighted by Crippen LogP contribution is -2.41. The third-order valence-electron chi connectivity index (χ3n) is 2.97. The first-order chi connectivity index (χ1) is 10.8. The van der Waals surface area contributed by atoms with E-state index in [1.807, 2.05) is 30.3 Å². The summed E-state index contributed by atoms with van der Waals surface area (Å²) < 4.78 is 5.23. The predicted octanol–water partition coefficient (Wildman–Crippen LogP) is 1.37. The Morgan fingerprint density at radius 3 is 2.50 bits per heavy atom. The molecule has 6 heteroatoms. The number of carbonyl (C=O) groups is 1. The highest BCUT2D eigenvalue weighted by Gasteiger charge is 2.03. The molecule has 0 unspecified atom stereocenters. The molecule has 0 bridgehead atoms. The smallest absolute Gasteiger partial charge is 0.251 e. The van der Waals surface area contributed by atoms with E-state index in [1.54, 1.807) is 25.4 Å². The lowest BCUT2D eigenvalue weighted by atomic mass is 10.2. The fraction of sp³-hybridized carbons (Fsp3) is 0.250. The quantitative estimate of drug-likeness (QED) is 0.428. The van der Waals surface area contributed by atoms with Crippen LogP contribution in [0.15, 0.2) is 58.1 Å². The van der Waals surface area contributed by atoms with Gasteiger partial charge in [-0.15, -0.1) is 0 Å². The summed E-state index contributed by atoms with van der Waals surface area (Å²) in [6.45, 7) is 1.65. The summed E-state index contributed by atoms with van der Waals surface area (Å²) in [5, 5.41) is 9.09. The number of nitrogens with one attached hydrogen (secondary N) is 3. The molecule has 1 heterocycles. The highest BCUT2D eigenvalue weighted by Crippen LogP contribution is 1.98. The summed E-state index contributed by atoms with van der Waals surface area (Å²) in [7, 11) is 1.69. The molecule has 0 fully saturated rings. The first-order valence-electron chi connectivity index (χ1n) is 7.10. The van der Waals surface area contributed by atoms with Gasteiger partial charge in [-0.1, -0.05) is 18.2 Å². The predicted molar refractivity (Wildman–Crippen MR) is 85.7 cm³/mol. The van der Waals surface area contributed by atoms with Gasteiger partial charge in [-0.2, -0.15) is 0 Å². The maximum absolute atomic E-state index is 11.8. The van der Waals surface area contributed by atoms with Crippen molar-refractivity contribution in [2.45, 2.75) is 6.54 Å². The highest BCUT2D eigenvalue weighted by atomic mass is 16.3. The van der Waals surface area contributed by atoms with Crippen LogP contribution in [-0.4, -0.2) is 32.0 Å². The van der Waals surface area contributed by atoms with Gasteiger partial charge in [0.05, 0.1) is 12.8 Å². The molecule has 2 aromatic rings. The number of guanidine groups is 1. The maximum Gasteiger partial charge on any atom is 0.251 e. The molecule has 0 saturated heterocycles. The highest BCUT2D eigenvalue weighted by molar-refractivity contribution is 5.94. The molecule has 0 spiro atoms. The summed E-state index contributed by atoms with van der Waals surface area (Å²) in [4.78, 5) is 15.9. The van der Waals surface area contributed by atoms with E-state index in [9.17, 15) is 4.79 Å². The van der Waals surface area contributed by atoms with Gasteiger partial charge in [0.15, 0.2) is 5.96 Å². The molecule has 0 aliphatic heterocycles. The van der Waals surface area contributed by atoms with Crippen LogP contribution in [0.3, 0.4) is 0 Å². The van der Waals surface area contributed by atoms with Crippen LogP contribution in [0, 0.1) is 0 Å². The minimum absolute atomic E-state index is 0.0825. The van der Waals surface area contributed by atoms with Gasteiger partial charge >= 0.3 is 0 Å². The number of carbonyl (C=O) groups excluding carboxylic acids is 1. The first kappa shape index (κ1) is 15.6. The molecule has 0 atom stereocenters. The lowest BCUT2D eigenvalue weighted by Gasteiger charge is -2.11. The Kier molecular flexibility index (Phi) is 6.04. The third kappa shape index (κ3) is 4.97. The summed E-state index contributed by atoms with van der Waals surface area (Å²) >= 11 is 0. The topological polar surface area (TPSA) is 78.7 Å². The zero-order valence-electron chi connectivity index (χ0n) is 12.5. The van der Waals surface area contributed by atoms with E-state index >= 15 is 0 Å². The van der Waals surface area contributed by atoms with Crippen molar-refractivity contribution in [3.05, 3.63) is 60.1 Å². The molecule has 2 rings (SSSR count). The fourth-order valence-corrected chi connectivity index (χ4v) is 1.85. The average Bonchev–Trinajstić information content (AvgIpc) is 3.08. The number of hydrogen-bond acceptors (Lipinski definition) is 3. The van der Waals surface area contributed by atoms with E-state index < -0.39 is 0 Å². The van der Waals surface area contributed by atoms with Crippen LogP contribution in [0.25, 0.3) is 0 Å². The molecule has 1 amide bonds. The van der Waals surface area contributed by atoms with Gasteiger partial charge in [0, 0.05) is 25.7 Å². The van der Waals surface area contributed by atoms with Crippen molar-refractivity contribution in [1.29, 1.82) is 0 Å². The molecule has 116 valence electrons. The van der Waals surface area contributed by atoms with Gasteiger partial charge in [-0.3, -0.25) is 9.79 Å². The summed E-state index contributed by atoms with van der Waals surface area (Å²) in [5.41, 5.74) is 0.655. The Labute approximate surface area is 129 Å². The second kappa shape index (κ2) is 8.51. The lowest BCUT2D eigenvalue weighted by molar-refractivity contribution is 0.0954. The van der Waals surface area contributed by atoms with Crippen LogP contribution in [-0.2, 0) is 6.54 Å². The van der Waals surface area contributed by atoms with Crippen LogP contribution < -0.4 is 16.0 Å². The number of amides is 1. The van der Waals surface area contributed by atoms with Crippen LogP contribution in [0.1, 0.15) is 16.1 Å². The molecular weight excluding hydrogens is 280 g/mol. The van der Waals surface area contributed by atoms with E-state index in [4.69, 9.17) is 4.42 Å². The van der Waals surface area contributed by atoms with Gasteiger partial charge in [-0.25, -0.2) is 0 Å². The van der Waals surface area contributed by atoms with Crippen LogP contribution >= 0.6 is 0 Å². The molecular formula is C16H20N4O2. The summed E-state index contributed by atoms with van der Waals surface area (Å²) in [5.74, 6) is 1.41. The van der Waals surface area contributed by atoms with E-state index in [-0.39, 0.29) is 5.91 Å². The fourth-order valence-electron chi connectivity index (χ4n) is 1.85. The molecule has 22 heavy (non-hydrogen) atoms. The molecule has 0 aliphatic rings. The Balaban J connectivity index is 1.65. The Morgan fingerprint density at radius 2 is 1.82 bits per heavy atom. The third-order valence-corrected chi connectivity index (χ3v) is 2.97. The number of rotatable bonds is 6. The summed E-state index contributed by atoms with van der Waals surface area (Å²) in [6, 6.07) is 12.9. The molecule has 0 radical (unpaired) electrons. The van der Waals surface area contributed by atoms with E-state index in [0.29, 0.717) is 31.2 Å². The molecule has 1 aromatic carbocycles. The van der Waals surface area contributed by atoms with Crippen molar-refractivity contribution < 1.29 is 9.21 Å². The van der Waals surface area contributed by atoms with Crippen molar-refractivity contribution in [1.82, 2.24) is 16.0 Å². The number of nitrogens with zero attached hydrogens (tertiary/aromatic N) is 1. The van der Waals surface area contributed by atoms with Gasteiger partial charge in [-0.05, 0) is 24.3 Å². The number of aliphatic imine (C=N–C) groups is 1. The number of furan rings is 1. The Morgan fingerprint density at radius 1 is 1.05 bits per heavy atom. The van der Waals surface area contributed by atoms with Gasteiger partial charge in [0.2, 0.25) is 0 Å². The minimum atomic E-state index is -0.0825. The van der Waals surface area contributed by atoms with E-state index in [2.05, 4.69) is 20.9 Å². The summed E-state index contributed by atoms with van der Waals surface area (Å²) in [6.07, 6.45) is 1.63. The monoisotopic (exact) mass is 300 g/mol. The molecule has 6 nitrogen and oxygen atoms in total. The van der Waals surface area contributed by atoms with E-state index in [0.717, 1.165) is 5.76 Å². The van der Waals surface area contributed by atoms with Crippen molar-refractivity contribution in [3.8, 4) is 0 Å². The van der Waals surface area contributed by atoms with E-state index in [1.165, 1.54) is 0 Å². The standard InChI is InChI=1S/C16H20N4O2/c1-17-16(20-12-14-8-5-11-22-14)19-10-9-18-15(21)13-6-3-2-4-7-13/h2-8,11H,9-10,12H2,1H3,(H,18,21)(H2,17,19,20). The molecule has 0 saturated carbocycles. The number of hydrogen-bond donors (Lipinski definition) is 3. The normalized spacial score (nSPS) is 11.0. The van der Waals surface area contributed by atoms with Gasteiger partial charge in [0.1, 0.15) is 5.76 Å². The zero-order valence-corrected chi connectivity index (χ0v) is 12.5. The number of benzene rings is 1. The maximum atomic E-state index is 11.8. The largest absolute Gasteiger partial charge is 0.467 e. The van der Waals surface area contributed by atoms with Crippen LogP contribution in [0.4, 0.5) is 0 Å². The Bertz CT molecular complexity index is 594. The average molecular weight is 300 g/mol. The first-order valence-corrected chi connectivity index (χ1v) is 7.10. The van der Waals surface area contributed by atoms with Gasteiger partial charge < -0.3 is 20.4 Å². The second-order valence-corrected chi connectivity index (χ2v) is 4.55. The van der Waals surface area contributed by atoms with Crippen LogP contribution in [0.5, 0.6) is 0 Å².